The number of nitrogens with zero attached hydrogens (tertiary/aromatic N) is 2. The predicted molar refractivity (Wildman–Crippen MR) is 67.9 cm³/mol. The van der Waals surface area contributed by atoms with Gasteiger partial charge in [-0.15, -0.1) is 0 Å². The van der Waals surface area contributed by atoms with Crippen LogP contribution in [0.4, 0.5) is 0 Å². The zero-order valence-corrected chi connectivity index (χ0v) is 10.7. The van der Waals surface area contributed by atoms with Gasteiger partial charge in [0.2, 0.25) is 14.7 Å². The quantitative estimate of drug-likeness (QED) is 0.769. The number of hydrogen-bond donors (Lipinski definition) is 0. The monoisotopic (exact) mass is 262 g/mol. The van der Waals surface area contributed by atoms with Gasteiger partial charge in [0.05, 0.1) is 11.4 Å². The van der Waals surface area contributed by atoms with Gasteiger partial charge < -0.3 is 0 Å². The molecule has 0 saturated heterocycles. The van der Waals surface area contributed by atoms with Gasteiger partial charge in [-0.25, -0.2) is 8.42 Å². The Morgan fingerprint density at radius 1 is 1.22 bits per heavy atom. The molecule has 2 aliphatic rings. The summed E-state index contributed by atoms with van der Waals surface area (Å²) in [5.41, 5.74) is 0. The van der Waals surface area contributed by atoms with Crippen LogP contribution in [-0.4, -0.2) is 19.8 Å². The zero-order chi connectivity index (χ0) is 12.6. The van der Waals surface area contributed by atoms with Gasteiger partial charge in [0.1, 0.15) is 0 Å². The van der Waals surface area contributed by atoms with Gasteiger partial charge in [-0.2, -0.15) is 10.2 Å². The van der Waals surface area contributed by atoms with Crippen LogP contribution in [0.25, 0.3) is 0 Å². The SMILES string of the molecule is O=S(=O)(c1ccccc1)C12C=CCCC1CN=N2. The third-order valence-electron chi connectivity index (χ3n) is 3.64. The molecule has 0 spiro atoms. The highest BCUT2D eigenvalue weighted by Gasteiger charge is 2.52. The predicted octanol–water partition coefficient (Wildman–Crippen LogP) is 2.59. The summed E-state index contributed by atoms with van der Waals surface area (Å²) in [6, 6.07) is 8.52. The van der Waals surface area contributed by atoms with Gasteiger partial charge in [0.25, 0.3) is 0 Å². The van der Waals surface area contributed by atoms with Crippen LogP contribution in [0.15, 0.2) is 57.6 Å². The van der Waals surface area contributed by atoms with E-state index in [1.165, 1.54) is 0 Å². The normalized spacial score (nSPS) is 30.3. The van der Waals surface area contributed by atoms with Crippen LogP contribution in [0.2, 0.25) is 0 Å². The molecule has 1 heterocycles. The number of rotatable bonds is 2. The fourth-order valence-corrected chi connectivity index (χ4v) is 4.60. The molecule has 2 unspecified atom stereocenters. The Hall–Kier alpha value is -1.49. The second-order valence-electron chi connectivity index (χ2n) is 4.67. The number of benzene rings is 1. The second kappa shape index (κ2) is 4.02. The summed E-state index contributed by atoms with van der Waals surface area (Å²) in [7, 11) is -3.51. The number of azo groups is 1. The summed E-state index contributed by atoms with van der Waals surface area (Å²) in [5, 5.41) is 8.07. The summed E-state index contributed by atoms with van der Waals surface area (Å²) in [4.78, 5) is -0.838. The topological polar surface area (TPSA) is 58.9 Å². The summed E-state index contributed by atoms with van der Waals surface area (Å²) < 4.78 is 25.6. The minimum Gasteiger partial charge on any atom is -0.221 e. The molecule has 2 atom stereocenters. The van der Waals surface area contributed by atoms with Crippen LogP contribution in [0.5, 0.6) is 0 Å². The molecule has 18 heavy (non-hydrogen) atoms. The van der Waals surface area contributed by atoms with Crippen molar-refractivity contribution in [2.45, 2.75) is 22.6 Å². The molecule has 0 radical (unpaired) electrons. The average Bonchev–Trinajstić information content (AvgIpc) is 2.85. The molecule has 1 aromatic carbocycles. The summed E-state index contributed by atoms with van der Waals surface area (Å²) in [6.07, 6.45) is 5.36. The first-order chi connectivity index (χ1) is 8.67. The molecule has 1 aliphatic heterocycles. The van der Waals surface area contributed by atoms with E-state index >= 15 is 0 Å². The molecule has 0 N–H and O–H groups in total. The van der Waals surface area contributed by atoms with Gasteiger partial charge in [-0.3, -0.25) is 0 Å². The highest BCUT2D eigenvalue weighted by atomic mass is 32.2. The maximum absolute atomic E-state index is 12.8. The smallest absolute Gasteiger partial charge is 0.210 e. The van der Waals surface area contributed by atoms with Crippen molar-refractivity contribution >= 4 is 9.84 Å². The number of sulfone groups is 1. The maximum atomic E-state index is 12.8. The maximum Gasteiger partial charge on any atom is 0.210 e. The Morgan fingerprint density at radius 3 is 2.78 bits per heavy atom. The van der Waals surface area contributed by atoms with Crippen LogP contribution in [0.1, 0.15) is 12.8 Å². The molecule has 4 nitrogen and oxygen atoms in total. The molecule has 3 rings (SSSR count). The fraction of sp³-hybridized carbons (Fsp3) is 0.385. The fourth-order valence-electron chi connectivity index (χ4n) is 2.63. The van der Waals surface area contributed by atoms with Crippen molar-refractivity contribution in [1.29, 1.82) is 0 Å². The van der Waals surface area contributed by atoms with Crippen molar-refractivity contribution in [3.63, 3.8) is 0 Å². The van der Waals surface area contributed by atoms with Crippen LogP contribution in [0, 0.1) is 5.92 Å². The first-order valence-electron chi connectivity index (χ1n) is 6.03. The Balaban J connectivity index is 2.16. The molecule has 0 saturated carbocycles. The highest BCUT2D eigenvalue weighted by molar-refractivity contribution is 7.93. The summed E-state index contributed by atoms with van der Waals surface area (Å²) >= 11 is 0. The Bertz CT molecular complexity index is 607. The lowest BCUT2D eigenvalue weighted by molar-refractivity contribution is 0.426. The van der Waals surface area contributed by atoms with Gasteiger partial charge in [-0.1, -0.05) is 24.3 Å². The molecule has 1 aliphatic carbocycles. The van der Waals surface area contributed by atoms with Gasteiger partial charge in [0, 0.05) is 5.92 Å². The van der Waals surface area contributed by atoms with E-state index < -0.39 is 14.7 Å². The Morgan fingerprint density at radius 2 is 2.00 bits per heavy atom. The number of hydrogen-bond acceptors (Lipinski definition) is 4. The zero-order valence-electron chi connectivity index (χ0n) is 9.86. The van der Waals surface area contributed by atoms with E-state index in [-0.39, 0.29) is 5.92 Å². The van der Waals surface area contributed by atoms with E-state index in [9.17, 15) is 8.42 Å². The number of allylic oxidation sites excluding steroid dienone is 1. The van der Waals surface area contributed by atoms with Crippen LogP contribution < -0.4 is 0 Å². The van der Waals surface area contributed by atoms with E-state index in [0.717, 1.165) is 12.8 Å². The van der Waals surface area contributed by atoms with E-state index in [0.29, 0.717) is 11.4 Å². The van der Waals surface area contributed by atoms with E-state index in [1.807, 2.05) is 6.08 Å². The van der Waals surface area contributed by atoms with Crippen molar-refractivity contribution in [3.05, 3.63) is 42.5 Å². The molecule has 0 aromatic heterocycles. The standard InChI is InChI=1S/C13H14N2O2S/c16-18(17,12-7-2-1-3-8-12)13-9-5-4-6-11(13)10-14-15-13/h1-3,5,7-9,11H,4,6,10H2. The molecular formula is C13H14N2O2S. The molecule has 5 heteroatoms. The van der Waals surface area contributed by atoms with Gasteiger partial charge in [0.15, 0.2) is 0 Å². The summed E-state index contributed by atoms with van der Waals surface area (Å²) in [5.74, 6) is -0.0206. The van der Waals surface area contributed by atoms with Crippen molar-refractivity contribution in [2.75, 3.05) is 6.54 Å². The third-order valence-corrected chi connectivity index (χ3v) is 5.94. The lowest BCUT2D eigenvalue weighted by atomic mass is 9.90. The van der Waals surface area contributed by atoms with E-state index in [4.69, 9.17) is 0 Å². The molecule has 0 bridgehead atoms. The number of fused-ring (bicyclic) bond motifs is 1. The molecule has 0 amide bonds. The first kappa shape index (κ1) is 11.6. The van der Waals surface area contributed by atoms with Crippen LogP contribution in [0.3, 0.4) is 0 Å². The largest absolute Gasteiger partial charge is 0.221 e. The molecule has 94 valence electrons. The molecule has 1 aromatic rings. The molecular weight excluding hydrogens is 248 g/mol. The Kier molecular flexibility index (Phi) is 2.59. The molecule has 0 fully saturated rings. The van der Waals surface area contributed by atoms with Crippen LogP contribution >= 0.6 is 0 Å². The minimum absolute atomic E-state index is 0.0206. The van der Waals surface area contributed by atoms with Crippen molar-refractivity contribution < 1.29 is 8.42 Å². The van der Waals surface area contributed by atoms with Crippen LogP contribution in [-0.2, 0) is 9.84 Å². The van der Waals surface area contributed by atoms with Gasteiger partial charge in [-0.05, 0) is 31.1 Å². The average molecular weight is 262 g/mol. The first-order valence-corrected chi connectivity index (χ1v) is 7.51. The van der Waals surface area contributed by atoms with Crippen molar-refractivity contribution in [1.82, 2.24) is 0 Å². The lowest BCUT2D eigenvalue weighted by Crippen LogP contribution is -2.42. The Labute approximate surface area is 106 Å². The third kappa shape index (κ3) is 1.47. The van der Waals surface area contributed by atoms with Crippen molar-refractivity contribution in [3.8, 4) is 0 Å². The highest BCUT2D eigenvalue weighted by Crippen LogP contribution is 2.44. The van der Waals surface area contributed by atoms with E-state index in [1.54, 1.807) is 36.4 Å². The second-order valence-corrected chi connectivity index (χ2v) is 6.80. The van der Waals surface area contributed by atoms with E-state index in [2.05, 4.69) is 10.2 Å². The summed E-state index contributed by atoms with van der Waals surface area (Å²) in [6.45, 7) is 0.510. The minimum atomic E-state index is -3.51. The van der Waals surface area contributed by atoms with Crippen molar-refractivity contribution in [2.24, 2.45) is 16.1 Å². The van der Waals surface area contributed by atoms with Gasteiger partial charge >= 0.3 is 0 Å². The lowest BCUT2D eigenvalue weighted by Gasteiger charge is -2.30.